The number of hydrogen-bond donors (Lipinski definition) is 3. The molecule has 2 aromatic carbocycles. The normalized spacial score (nSPS) is 11.9. The summed E-state index contributed by atoms with van der Waals surface area (Å²) in [4.78, 5) is 16.3. The zero-order chi connectivity index (χ0) is 20.4. The number of benzene rings is 2. The van der Waals surface area contributed by atoms with E-state index in [2.05, 4.69) is 25.3 Å². The van der Waals surface area contributed by atoms with Crippen molar-refractivity contribution >= 4 is 22.6 Å². The number of hydrogen-bond acceptors (Lipinski definition) is 5. The second kappa shape index (κ2) is 7.75. The van der Waals surface area contributed by atoms with Gasteiger partial charge in [0.1, 0.15) is 0 Å². The molecule has 0 aliphatic carbocycles. The first-order chi connectivity index (χ1) is 14.1. The van der Waals surface area contributed by atoms with Crippen LogP contribution in [0.2, 0.25) is 0 Å². The Labute approximate surface area is 169 Å². The number of aromatic amines is 1. The molecule has 6 nitrogen and oxygen atoms in total. The number of anilines is 1. The molecule has 6 heteroatoms. The van der Waals surface area contributed by atoms with Crippen LogP contribution in [0.3, 0.4) is 0 Å². The van der Waals surface area contributed by atoms with Gasteiger partial charge in [-0.1, -0.05) is 42.5 Å². The average Bonchev–Trinajstić information content (AvgIpc) is 3.05. The molecule has 4 rings (SSSR count). The van der Waals surface area contributed by atoms with Crippen molar-refractivity contribution in [1.29, 1.82) is 0 Å². The van der Waals surface area contributed by atoms with Gasteiger partial charge >= 0.3 is 0 Å². The highest BCUT2D eigenvalue weighted by Gasteiger charge is 2.18. The minimum absolute atomic E-state index is 0.106. The Kier molecular flexibility index (Phi) is 4.99. The molecule has 0 fully saturated rings. The highest BCUT2D eigenvalue weighted by atomic mass is 16.3. The van der Waals surface area contributed by atoms with E-state index in [-0.39, 0.29) is 11.9 Å². The van der Waals surface area contributed by atoms with Gasteiger partial charge in [-0.15, -0.1) is 0 Å². The van der Waals surface area contributed by atoms with Crippen LogP contribution in [0.1, 0.15) is 25.0 Å². The van der Waals surface area contributed by atoms with Gasteiger partial charge in [0.15, 0.2) is 5.88 Å². The van der Waals surface area contributed by atoms with Crippen molar-refractivity contribution in [2.75, 3.05) is 12.4 Å². The Morgan fingerprint density at radius 1 is 1.03 bits per heavy atom. The third kappa shape index (κ3) is 3.69. The monoisotopic (exact) mass is 385 g/mol. The SMILES string of the molecule is CN=C(c1ccccc1)c1c(O)[nH]c2cc(-c3cnc(NC(C)C)nc3)ccc12. The largest absolute Gasteiger partial charge is 0.494 e. The van der Waals surface area contributed by atoms with Crippen LogP contribution in [0.25, 0.3) is 22.0 Å². The first-order valence-corrected chi connectivity index (χ1v) is 9.53. The molecule has 0 saturated heterocycles. The third-order valence-electron chi connectivity index (χ3n) is 4.69. The van der Waals surface area contributed by atoms with Gasteiger partial charge in [0, 0.05) is 47.5 Å². The fraction of sp³-hybridized carbons (Fsp3) is 0.174. The van der Waals surface area contributed by atoms with E-state index in [9.17, 15) is 5.11 Å². The maximum absolute atomic E-state index is 10.6. The van der Waals surface area contributed by atoms with Gasteiger partial charge < -0.3 is 15.4 Å². The predicted molar refractivity (Wildman–Crippen MR) is 118 cm³/mol. The zero-order valence-electron chi connectivity index (χ0n) is 16.6. The molecule has 146 valence electrons. The maximum atomic E-state index is 10.6. The summed E-state index contributed by atoms with van der Waals surface area (Å²) in [6.07, 6.45) is 3.59. The number of aromatic hydroxyl groups is 1. The van der Waals surface area contributed by atoms with Crippen molar-refractivity contribution in [3.63, 3.8) is 0 Å². The van der Waals surface area contributed by atoms with Crippen LogP contribution in [0, 0.1) is 0 Å². The van der Waals surface area contributed by atoms with Gasteiger partial charge in [0.25, 0.3) is 0 Å². The van der Waals surface area contributed by atoms with Gasteiger partial charge in [0.05, 0.1) is 11.3 Å². The molecule has 0 aliphatic heterocycles. The molecule has 2 aromatic heterocycles. The van der Waals surface area contributed by atoms with Crippen molar-refractivity contribution in [3.05, 3.63) is 72.1 Å². The van der Waals surface area contributed by atoms with E-state index in [1.165, 1.54) is 0 Å². The van der Waals surface area contributed by atoms with Gasteiger partial charge in [0.2, 0.25) is 5.95 Å². The Morgan fingerprint density at radius 2 is 1.76 bits per heavy atom. The molecule has 0 saturated carbocycles. The molecule has 0 atom stereocenters. The van der Waals surface area contributed by atoms with Crippen LogP contribution >= 0.6 is 0 Å². The molecule has 29 heavy (non-hydrogen) atoms. The smallest absolute Gasteiger partial charge is 0.222 e. The second-order valence-corrected chi connectivity index (χ2v) is 7.14. The molecular formula is C23H23N5O. The summed E-state index contributed by atoms with van der Waals surface area (Å²) in [5.41, 5.74) is 5.11. The van der Waals surface area contributed by atoms with E-state index < -0.39 is 0 Å². The van der Waals surface area contributed by atoms with Crippen LogP contribution < -0.4 is 5.32 Å². The molecule has 0 amide bonds. The van der Waals surface area contributed by atoms with Crippen molar-refractivity contribution in [1.82, 2.24) is 15.0 Å². The molecule has 0 aliphatic rings. The first kappa shape index (κ1) is 18.7. The number of rotatable bonds is 5. The minimum Gasteiger partial charge on any atom is -0.494 e. The average molecular weight is 385 g/mol. The Hall–Kier alpha value is -3.67. The van der Waals surface area contributed by atoms with Gasteiger partial charge in [-0.3, -0.25) is 4.99 Å². The fourth-order valence-corrected chi connectivity index (χ4v) is 3.39. The van der Waals surface area contributed by atoms with E-state index in [1.54, 1.807) is 19.4 Å². The predicted octanol–water partition coefficient (Wildman–Crippen LogP) is 4.62. The van der Waals surface area contributed by atoms with E-state index >= 15 is 0 Å². The number of nitrogens with zero attached hydrogens (tertiary/aromatic N) is 3. The van der Waals surface area contributed by atoms with Crippen LogP contribution in [-0.2, 0) is 0 Å². The number of nitrogens with one attached hydrogen (secondary N) is 2. The topological polar surface area (TPSA) is 86.2 Å². The highest BCUT2D eigenvalue weighted by Crippen LogP contribution is 2.32. The standard InChI is InChI=1S/C23H23N5O/c1-14(2)27-23-25-12-17(13-26-23)16-9-10-18-19(11-16)28-22(29)20(18)21(24-3)15-7-5-4-6-8-15/h4-14,28-29H,1-3H3,(H,25,26,27). The van der Waals surface area contributed by atoms with Crippen LogP contribution in [0.5, 0.6) is 5.88 Å². The van der Waals surface area contributed by atoms with Gasteiger partial charge in [-0.25, -0.2) is 9.97 Å². The number of fused-ring (bicyclic) bond motifs is 1. The van der Waals surface area contributed by atoms with Crippen LogP contribution in [0.4, 0.5) is 5.95 Å². The summed E-state index contributed by atoms with van der Waals surface area (Å²) in [6.45, 7) is 4.09. The number of aromatic nitrogens is 3. The fourth-order valence-electron chi connectivity index (χ4n) is 3.39. The quantitative estimate of drug-likeness (QED) is 0.438. The van der Waals surface area contributed by atoms with Crippen molar-refractivity contribution in [2.24, 2.45) is 4.99 Å². The van der Waals surface area contributed by atoms with Crippen LogP contribution in [-0.4, -0.2) is 38.9 Å². The van der Waals surface area contributed by atoms with Gasteiger partial charge in [-0.05, 0) is 25.5 Å². The lowest BCUT2D eigenvalue weighted by Crippen LogP contribution is -2.12. The lowest BCUT2D eigenvalue weighted by atomic mass is 9.99. The molecular weight excluding hydrogens is 362 g/mol. The lowest BCUT2D eigenvalue weighted by molar-refractivity contribution is 0.457. The van der Waals surface area contributed by atoms with Gasteiger partial charge in [-0.2, -0.15) is 0 Å². The summed E-state index contributed by atoms with van der Waals surface area (Å²) in [5, 5.41) is 14.7. The molecule has 0 radical (unpaired) electrons. The third-order valence-corrected chi connectivity index (χ3v) is 4.69. The summed E-state index contributed by atoms with van der Waals surface area (Å²) >= 11 is 0. The molecule has 0 spiro atoms. The zero-order valence-corrected chi connectivity index (χ0v) is 16.6. The molecule has 0 unspecified atom stereocenters. The van der Waals surface area contributed by atoms with Crippen molar-refractivity contribution in [3.8, 4) is 17.0 Å². The summed E-state index contributed by atoms with van der Waals surface area (Å²) in [7, 11) is 1.74. The molecule has 3 N–H and O–H groups in total. The molecule has 0 bridgehead atoms. The first-order valence-electron chi connectivity index (χ1n) is 9.53. The Bertz CT molecular complexity index is 1160. The highest BCUT2D eigenvalue weighted by molar-refractivity contribution is 6.21. The van der Waals surface area contributed by atoms with E-state index in [4.69, 9.17) is 0 Å². The van der Waals surface area contributed by atoms with Crippen molar-refractivity contribution in [2.45, 2.75) is 19.9 Å². The van der Waals surface area contributed by atoms with E-state index in [0.29, 0.717) is 11.5 Å². The summed E-state index contributed by atoms with van der Waals surface area (Å²) in [6, 6.07) is 16.1. The second-order valence-electron chi connectivity index (χ2n) is 7.14. The Balaban J connectivity index is 1.73. The maximum Gasteiger partial charge on any atom is 0.222 e. The Morgan fingerprint density at radius 3 is 2.41 bits per heavy atom. The summed E-state index contributed by atoms with van der Waals surface area (Å²) < 4.78 is 0. The van der Waals surface area contributed by atoms with Crippen molar-refractivity contribution < 1.29 is 5.11 Å². The lowest BCUT2D eigenvalue weighted by Gasteiger charge is -2.08. The van der Waals surface area contributed by atoms with E-state index in [1.807, 2.05) is 62.4 Å². The number of aliphatic imine (C=N–C) groups is 1. The van der Waals surface area contributed by atoms with E-state index in [0.717, 1.165) is 33.3 Å². The number of H-pyrrole nitrogens is 1. The summed E-state index contributed by atoms with van der Waals surface area (Å²) in [5.74, 6) is 0.714. The molecule has 2 heterocycles. The minimum atomic E-state index is 0.106. The van der Waals surface area contributed by atoms with Crippen LogP contribution in [0.15, 0.2) is 65.9 Å². The molecule has 4 aromatic rings.